The molecule has 36 heavy (non-hydrogen) atoms. The van der Waals surface area contributed by atoms with Crippen LogP contribution in [-0.4, -0.2) is 50.5 Å². The lowest BCUT2D eigenvalue weighted by atomic mass is 10.1. The molecule has 0 aliphatic heterocycles. The van der Waals surface area contributed by atoms with Gasteiger partial charge in [0.1, 0.15) is 12.6 Å². The summed E-state index contributed by atoms with van der Waals surface area (Å²) in [5.41, 5.74) is 2.89. The van der Waals surface area contributed by atoms with Crippen LogP contribution in [0.25, 0.3) is 0 Å². The third-order valence-corrected chi connectivity index (χ3v) is 7.61. The molecule has 198 valence electrons. The Morgan fingerprint density at radius 1 is 1.03 bits per heavy atom. The van der Waals surface area contributed by atoms with E-state index in [4.69, 9.17) is 23.2 Å². The van der Waals surface area contributed by atoms with E-state index in [0.29, 0.717) is 34.3 Å². The van der Waals surface area contributed by atoms with Crippen LogP contribution in [0, 0.1) is 19.8 Å². The summed E-state index contributed by atoms with van der Waals surface area (Å²) in [5, 5.41) is 3.69. The Morgan fingerprint density at radius 2 is 1.69 bits per heavy atom. The Kier molecular flexibility index (Phi) is 10.6. The average Bonchev–Trinajstić information content (AvgIpc) is 2.78. The molecular weight excluding hydrogens is 521 g/mol. The van der Waals surface area contributed by atoms with E-state index in [0.717, 1.165) is 21.7 Å². The molecule has 2 aromatic carbocycles. The van der Waals surface area contributed by atoms with E-state index in [1.807, 2.05) is 33.8 Å². The number of nitrogens with one attached hydrogen (secondary N) is 1. The van der Waals surface area contributed by atoms with Gasteiger partial charge in [-0.1, -0.05) is 56.1 Å². The molecule has 2 amide bonds. The Bertz CT molecular complexity index is 1200. The van der Waals surface area contributed by atoms with Gasteiger partial charge < -0.3 is 10.2 Å². The molecule has 2 rings (SSSR count). The van der Waals surface area contributed by atoms with Gasteiger partial charge >= 0.3 is 0 Å². The Labute approximate surface area is 224 Å². The van der Waals surface area contributed by atoms with Crippen LogP contribution in [0.3, 0.4) is 0 Å². The number of sulfonamides is 1. The lowest BCUT2D eigenvalue weighted by Gasteiger charge is -2.33. The number of carbonyl (C=O) groups is 2. The van der Waals surface area contributed by atoms with Crippen LogP contribution < -0.4 is 9.62 Å². The van der Waals surface area contributed by atoms with Crippen molar-refractivity contribution in [2.45, 2.75) is 53.6 Å². The van der Waals surface area contributed by atoms with Crippen molar-refractivity contribution in [3.05, 3.63) is 63.1 Å². The summed E-state index contributed by atoms with van der Waals surface area (Å²) in [6, 6.07) is 9.32. The molecule has 0 aromatic heterocycles. The number of carbonyl (C=O) groups excluding carboxylic acids is 2. The maximum Gasteiger partial charge on any atom is 0.244 e. The highest BCUT2D eigenvalue weighted by Crippen LogP contribution is 2.25. The maximum absolute atomic E-state index is 13.7. The summed E-state index contributed by atoms with van der Waals surface area (Å²) in [5.74, 6) is -0.593. The Morgan fingerprint density at radius 3 is 2.22 bits per heavy atom. The topological polar surface area (TPSA) is 86.8 Å². The van der Waals surface area contributed by atoms with Crippen molar-refractivity contribution in [3.63, 3.8) is 0 Å². The summed E-state index contributed by atoms with van der Waals surface area (Å²) < 4.78 is 26.5. The molecule has 2 aromatic rings. The first-order chi connectivity index (χ1) is 16.7. The van der Waals surface area contributed by atoms with Crippen LogP contribution in [-0.2, 0) is 26.2 Å². The van der Waals surface area contributed by atoms with E-state index in [2.05, 4.69) is 5.32 Å². The number of hydrogen-bond donors (Lipinski definition) is 1. The number of anilines is 1. The fourth-order valence-corrected chi connectivity index (χ4v) is 4.98. The number of rotatable bonds is 11. The molecule has 1 N–H and O–H groups in total. The average molecular weight is 557 g/mol. The van der Waals surface area contributed by atoms with E-state index in [1.165, 1.54) is 4.90 Å². The molecule has 0 bridgehead atoms. The van der Waals surface area contributed by atoms with Crippen molar-refractivity contribution in [2.75, 3.05) is 23.7 Å². The first kappa shape index (κ1) is 29.9. The minimum absolute atomic E-state index is 0.0208. The van der Waals surface area contributed by atoms with E-state index in [-0.39, 0.29) is 18.4 Å². The smallest absolute Gasteiger partial charge is 0.244 e. The minimum atomic E-state index is -3.80. The Balaban J connectivity index is 2.48. The van der Waals surface area contributed by atoms with E-state index in [1.54, 1.807) is 37.3 Å². The number of benzene rings is 2. The fraction of sp³-hybridized carbons (Fsp3) is 0.462. The number of halogens is 2. The molecule has 1 atom stereocenters. The summed E-state index contributed by atoms with van der Waals surface area (Å²) in [7, 11) is -3.80. The number of hydrogen-bond acceptors (Lipinski definition) is 4. The van der Waals surface area contributed by atoms with Crippen molar-refractivity contribution in [2.24, 2.45) is 5.92 Å². The van der Waals surface area contributed by atoms with E-state index < -0.39 is 28.5 Å². The van der Waals surface area contributed by atoms with Crippen molar-refractivity contribution in [1.29, 1.82) is 0 Å². The van der Waals surface area contributed by atoms with Crippen molar-refractivity contribution in [3.8, 4) is 0 Å². The van der Waals surface area contributed by atoms with Gasteiger partial charge in [0.05, 0.1) is 11.9 Å². The van der Waals surface area contributed by atoms with Gasteiger partial charge in [-0.3, -0.25) is 13.9 Å². The quantitative estimate of drug-likeness (QED) is 0.424. The summed E-state index contributed by atoms with van der Waals surface area (Å²) in [4.78, 5) is 28.2. The highest BCUT2D eigenvalue weighted by atomic mass is 35.5. The zero-order valence-electron chi connectivity index (χ0n) is 21.6. The maximum atomic E-state index is 13.7. The monoisotopic (exact) mass is 555 g/mol. The van der Waals surface area contributed by atoms with Gasteiger partial charge in [-0.15, -0.1) is 0 Å². The molecule has 0 heterocycles. The number of aryl methyl sites for hydroxylation is 2. The molecule has 7 nitrogen and oxygen atoms in total. The first-order valence-electron chi connectivity index (χ1n) is 11.8. The van der Waals surface area contributed by atoms with E-state index >= 15 is 0 Å². The van der Waals surface area contributed by atoms with Crippen LogP contribution in [0.4, 0.5) is 5.69 Å². The molecule has 0 spiro atoms. The van der Waals surface area contributed by atoms with Crippen LogP contribution in [0.15, 0.2) is 36.4 Å². The number of amides is 2. The lowest BCUT2D eigenvalue weighted by molar-refractivity contribution is -0.140. The second kappa shape index (κ2) is 12.8. The fourth-order valence-electron chi connectivity index (χ4n) is 3.67. The third kappa shape index (κ3) is 8.11. The van der Waals surface area contributed by atoms with Gasteiger partial charge in [-0.25, -0.2) is 8.42 Å². The molecule has 0 saturated carbocycles. The third-order valence-electron chi connectivity index (χ3n) is 5.88. The predicted molar refractivity (Wildman–Crippen MR) is 147 cm³/mol. The van der Waals surface area contributed by atoms with Gasteiger partial charge in [0.2, 0.25) is 21.8 Å². The van der Waals surface area contributed by atoms with Crippen LogP contribution in [0.1, 0.15) is 43.9 Å². The summed E-state index contributed by atoms with van der Waals surface area (Å²) in [6.45, 7) is 9.58. The first-order valence-corrected chi connectivity index (χ1v) is 14.4. The molecule has 0 aliphatic carbocycles. The van der Waals surface area contributed by atoms with Crippen LogP contribution in [0.2, 0.25) is 10.0 Å². The largest absolute Gasteiger partial charge is 0.354 e. The zero-order chi connectivity index (χ0) is 27.2. The second-order valence-electron chi connectivity index (χ2n) is 9.36. The standard InChI is InChI=1S/C26H35Cl2N3O4S/c1-7-24(26(33)29-14-17(2)3)30(15-20-9-10-21(27)13-23(20)28)25(32)16-31(36(6,34)35)22-11-8-18(4)19(5)12-22/h8-13,17,24H,7,14-16H2,1-6H3,(H,29,33). The summed E-state index contributed by atoms with van der Waals surface area (Å²) >= 11 is 12.4. The van der Waals surface area contributed by atoms with Crippen molar-refractivity contribution < 1.29 is 18.0 Å². The molecule has 10 heteroatoms. The second-order valence-corrected chi connectivity index (χ2v) is 12.1. The van der Waals surface area contributed by atoms with Gasteiger partial charge in [-0.2, -0.15) is 0 Å². The molecular formula is C26H35Cl2N3O4S. The summed E-state index contributed by atoms with van der Waals surface area (Å²) in [6.07, 6.45) is 1.39. The lowest BCUT2D eigenvalue weighted by Crippen LogP contribution is -2.52. The van der Waals surface area contributed by atoms with Crippen molar-refractivity contribution in [1.82, 2.24) is 10.2 Å². The zero-order valence-corrected chi connectivity index (χ0v) is 24.0. The van der Waals surface area contributed by atoms with Gasteiger partial charge in [0.25, 0.3) is 0 Å². The van der Waals surface area contributed by atoms with Gasteiger partial charge in [-0.05, 0) is 67.1 Å². The number of nitrogens with zero attached hydrogens (tertiary/aromatic N) is 2. The normalized spacial score (nSPS) is 12.4. The van der Waals surface area contributed by atoms with E-state index in [9.17, 15) is 18.0 Å². The Hall–Kier alpha value is -2.29. The van der Waals surface area contributed by atoms with Crippen LogP contribution in [0.5, 0.6) is 0 Å². The van der Waals surface area contributed by atoms with Gasteiger partial charge in [0.15, 0.2) is 0 Å². The van der Waals surface area contributed by atoms with Gasteiger partial charge in [0, 0.05) is 23.1 Å². The minimum Gasteiger partial charge on any atom is -0.354 e. The molecule has 0 radical (unpaired) electrons. The molecule has 1 unspecified atom stereocenters. The highest BCUT2D eigenvalue weighted by Gasteiger charge is 2.32. The van der Waals surface area contributed by atoms with Crippen LogP contribution >= 0.6 is 23.2 Å². The SMILES string of the molecule is CCC(C(=O)NCC(C)C)N(Cc1ccc(Cl)cc1Cl)C(=O)CN(c1ccc(C)c(C)c1)S(C)(=O)=O. The predicted octanol–water partition coefficient (Wildman–Crippen LogP) is 4.96. The molecule has 0 aliphatic rings. The molecule has 0 saturated heterocycles. The molecule has 0 fully saturated rings. The highest BCUT2D eigenvalue weighted by molar-refractivity contribution is 7.92. The van der Waals surface area contributed by atoms with Crippen molar-refractivity contribution >= 4 is 50.7 Å².